The molecule has 0 saturated heterocycles. The molecule has 0 aliphatic heterocycles. The van der Waals surface area contributed by atoms with Gasteiger partial charge in [0.1, 0.15) is 12.4 Å². The second kappa shape index (κ2) is 10.2. The number of benzene rings is 1. The summed E-state index contributed by atoms with van der Waals surface area (Å²) < 4.78 is 5.45. The van der Waals surface area contributed by atoms with Crippen LogP contribution in [0.3, 0.4) is 0 Å². The molecule has 6 nitrogen and oxygen atoms in total. The summed E-state index contributed by atoms with van der Waals surface area (Å²) in [7, 11) is 0. The fourth-order valence-corrected chi connectivity index (χ4v) is 1.69. The van der Waals surface area contributed by atoms with Crippen molar-refractivity contribution in [3.05, 3.63) is 30.3 Å². The molecule has 20 heavy (non-hydrogen) atoms. The minimum Gasteiger partial charge on any atom is -0.492 e. The van der Waals surface area contributed by atoms with Gasteiger partial charge in [-0.25, -0.2) is 0 Å². The van der Waals surface area contributed by atoms with Crippen LogP contribution >= 0.6 is 0 Å². The highest BCUT2D eigenvalue weighted by atomic mass is 16.5. The molecule has 1 rings (SSSR count). The van der Waals surface area contributed by atoms with E-state index in [1.165, 1.54) is 0 Å². The lowest BCUT2D eigenvalue weighted by Crippen LogP contribution is -2.41. The normalized spacial score (nSPS) is 10.6. The van der Waals surface area contributed by atoms with E-state index in [4.69, 9.17) is 14.9 Å². The number of para-hydroxylation sites is 1. The monoisotopic (exact) mass is 282 g/mol. The summed E-state index contributed by atoms with van der Waals surface area (Å²) in [6.45, 7) is 1.64. The second-order valence-corrected chi connectivity index (χ2v) is 4.23. The van der Waals surface area contributed by atoms with Crippen LogP contribution < -0.4 is 10.1 Å². The molecular formula is C14H22N2O4. The molecule has 6 heteroatoms. The molecule has 0 radical (unpaired) electrons. The highest BCUT2D eigenvalue weighted by Gasteiger charge is 2.09. The smallest absolute Gasteiger partial charge is 0.234 e. The number of hydrogen-bond donors (Lipinski definition) is 3. The lowest BCUT2D eigenvalue weighted by molar-refractivity contribution is -0.122. The number of nitrogens with zero attached hydrogens (tertiary/aromatic N) is 1. The van der Waals surface area contributed by atoms with Gasteiger partial charge in [0.25, 0.3) is 0 Å². The van der Waals surface area contributed by atoms with Gasteiger partial charge in [0.05, 0.1) is 26.3 Å². The Morgan fingerprint density at radius 2 is 1.80 bits per heavy atom. The van der Waals surface area contributed by atoms with Crippen LogP contribution in [0.5, 0.6) is 5.75 Å². The summed E-state index contributed by atoms with van der Waals surface area (Å²) in [5.41, 5.74) is 0. The van der Waals surface area contributed by atoms with Gasteiger partial charge in [-0.2, -0.15) is 0 Å². The number of ether oxygens (including phenoxy) is 1. The van der Waals surface area contributed by atoms with E-state index in [9.17, 15) is 4.79 Å². The fraction of sp³-hybridized carbons (Fsp3) is 0.500. The average molecular weight is 282 g/mol. The summed E-state index contributed by atoms with van der Waals surface area (Å²) in [4.78, 5) is 13.3. The van der Waals surface area contributed by atoms with E-state index in [0.717, 1.165) is 5.75 Å². The zero-order valence-corrected chi connectivity index (χ0v) is 11.5. The number of hydrogen-bond acceptors (Lipinski definition) is 5. The molecule has 0 saturated carbocycles. The molecule has 112 valence electrons. The highest BCUT2D eigenvalue weighted by Crippen LogP contribution is 2.07. The number of amides is 1. The number of rotatable bonds is 10. The van der Waals surface area contributed by atoms with Gasteiger partial charge in [0.15, 0.2) is 0 Å². The SMILES string of the molecule is O=C(CN(CCO)CCO)NCCOc1ccccc1. The van der Waals surface area contributed by atoms with Crippen molar-refractivity contribution < 1.29 is 19.7 Å². The number of aliphatic hydroxyl groups is 2. The van der Waals surface area contributed by atoms with Crippen molar-refractivity contribution in [3.8, 4) is 5.75 Å². The van der Waals surface area contributed by atoms with Gasteiger partial charge in [-0.05, 0) is 12.1 Å². The van der Waals surface area contributed by atoms with Gasteiger partial charge in [0.2, 0.25) is 5.91 Å². The Morgan fingerprint density at radius 1 is 1.15 bits per heavy atom. The molecule has 0 aromatic heterocycles. The molecule has 0 spiro atoms. The Labute approximate surface area is 119 Å². The molecule has 0 atom stereocenters. The summed E-state index contributed by atoms with van der Waals surface area (Å²) in [5, 5.41) is 20.4. The van der Waals surface area contributed by atoms with Gasteiger partial charge in [-0.1, -0.05) is 18.2 Å². The molecule has 1 aromatic carbocycles. The summed E-state index contributed by atoms with van der Waals surface area (Å²) in [6, 6.07) is 9.38. The first kappa shape index (κ1) is 16.4. The number of aliphatic hydroxyl groups excluding tert-OH is 2. The maximum absolute atomic E-state index is 11.6. The third kappa shape index (κ3) is 7.08. The first-order valence-corrected chi connectivity index (χ1v) is 6.65. The van der Waals surface area contributed by atoms with E-state index in [1.54, 1.807) is 4.90 Å². The third-order valence-corrected chi connectivity index (χ3v) is 2.64. The Hall–Kier alpha value is -1.63. The lowest BCUT2D eigenvalue weighted by Gasteiger charge is -2.19. The molecule has 1 aromatic rings. The number of carbonyl (C=O) groups excluding carboxylic acids is 1. The van der Waals surface area contributed by atoms with Gasteiger partial charge in [-0.3, -0.25) is 9.69 Å². The summed E-state index contributed by atoms with van der Waals surface area (Å²) in [6.07, 6.45) is 0. The minimum absolute atomic E-state index is 0.0373. The minimum atomic E-state index is -0.149. The zero-order chi connectivity index (χ0) is 14.6. The topological polar surface area (TPSA) is 82.0 Å². The standard InChI is InChI=1S/C14H22N2O4/c17-9-7-16(8-10-18)12-14(19)15-6-11-20-13-4-2-1-3-5-13/h1-5,17-18H,6-12H2,(H,15,19). The molecule has 3 N–H and O–H groups in total. The Balaban J connectivity index is 2.15. The van der Waals surface area contributed by atoms with Crippen molar-refractivity contribution in [2.45, 2.75) is 0 Å². The molecule has 0 bridgehead atoms. The average Bonchev–Trinajstić information content (AvgIpc) is 2.45. The van der Waals surface area contributed by atoms with Crippen LogP contribution in [0, 0.1) is 0 Å². The lowest BCUT2D eigenvalue weighted by atomic mass is 10.3. The maximum Gasteiger partial charge on any atom is 0.234 e. The maximum atomic E-state index is 11.6. The Kier molecular flexibility index (Phi) is 8.37. The Morgan fingerprint density at radius 3 is 2.40 bits per heavy atom. The quantitative estimate of drug-likeness (QED) is 0.503. The molecule has 0 aliphatic rings. The van der Waals surface area contributed by atoms with Gasteiger partial charge in [-0.15, -0.1) is 0 Å². The van der Waals surface area contributed by atoms with Gasteiger partial charge in [0, 0.05) is 13.1 Å². The van der Waals surface area contributed by atoms with E-state index in [-0.39, 0.29) is 25.7 Å². The third-order valence-electron chi connectivity index (χ3n) is 2.64. The van der Waals surface area contributed by atoms with Crippen LogP contribution in [-0.4, -0.2) is 67.0 Å². The molecule has 1 amide bonds. The van der Waals surface area contributed by atoms with Crippen LogP contribution in [-0.2, 0) is 4.79 Å². The summed E-state index contributed by atoms with van der Waals surface area (Å²) in [5.74, 6) is 0.618. The van der Waals surface area contributed by atoms with Crippen LogP contribution in [0.4, 0.5) is 0 Å². The molecule has 0 unspecified atom stereocenters. The van der Waals surface area contributed by atoms with Crippen molar-refractivity contribution in [1.82, 2.24) is 10.2 Å². The van der Waals surface area contributed by atoms with Crippen molar-refractivity contribution in [1.29, 1.82) is 0 Å². The van der Waals surface area contributed by atoms with E-state index in [2.05, 4.69) is 5.32 Å². The largest absolute Gasteiger partial charge is 0.492 e. The fourth-order valence-electron chi connectivity index (χ4n) is 1.69. The van der Waals surface area contributed by atoms with Crippen molar-refractivity contribution in [3.63, 3.8) is 0 Å². The van der Waals surface area contributed by atoms with Crippen molar-refractivity contribution >= 4 is 5.91 Å². The first-order chi connectivity index (χ1) is 9.76. The molecule has 0 aliphatic carbocycles. The van der Waals surface area contributed by atoms with Crippen LogP contribution in [0.15, 0.2) is 30.3 Å². The summed E-state index contributed by atoms with van der Waals surface area (Å²) >= 11 is 0. The number of carbonyl (C=O) groups is 1. The zero-order valence-electron chi connectivity index (χ0n) is 11.5. The van der Waals surface area contributed by atoms with E-state index in [1.807, 2.05) is 30.3 Å². The van der Waals surface area contributed by atoms with E-state index >= 15 is 0 Å². The second-order valence-electron chi connectivity index (χ2n) is 4.23. The Bertz CT molecular complexity index is 367. The van der Waals surface area contributed by atoms with E-state index < -0.39 is 0 Å². The predicted molar refractivity (Wildman–Crippen MR) is 75.6 cm³/mol. The number of nitrogens with one attached hydrogen (secondary N) is 1. The van der Waals surface area contributed by atoms with Crippen LogP contribution in [0.25, 0.3) is 0 Å². The van der Waals surface area contributed by atoms with Crippen LogP contribution in [0.1, 0.15) is 0 Å². The van der Waals surface area contributed by atoms with Gasteiger partial charge < -0.3 is 20.3 Å². The highest BCUT2D eigenvalue weighted by molar-refractivity contribution is 5.77. The van der Waals surface area contributed by atoms with Crippen LogP contribution in [0.2, 0.25) is 0 Å². The van der Waals surface area contributed by atoms with E-state index in [0.29, 0.717) is 26.2 Å². The molecular weight excluding hydrogens is 260 g/mol. The van der Waals surface area contributed by atoms with Crippen molar-refractivity contribution in [2.75, 3.05) is 46.0 Å². The first-order valence-electron chi connectivity index (χ1n) is 6.65. The molecule has 0 heterocycles. The molecule has 0 fully saturated rings. The predicted octanol–water partition coefficient (Wildman–Crippen LogP) is -0.532. The van der Waals surface area contributed by atoms with Crippen molar-refractivity contribution in [2.24, 2.45) is 0 Å². The van der Waals surface area contributed by atoms with Gasteiger partial charge >= 0.3 is 0 Å².